The molecule has 0 fully saturated rings. The number of carbonyl (C=O) groups is 2. The van der Waals surface area contributed by atoms with Crippen LogP contribution in [0, 0.1) is 10.1 Å². The third kappa shape index (κ3) is 5.59. The Hall–Kier alpha value is -3.80. The van der Waals surface area contributed by atoms with Crippen LogP contribution in [0.15, 0.2) is 46.3 Å². The van der Waals surface area contributed by atoms with Gasteiger partial charge in [0.05, 0.1) is 9.80 Å². The number of benzene rings is 1. The van der Waals surface area contributed by atoms with Crippen LogP contribution < -0.4 is 15.4 Å². The summed E-state index contributed by atoms with van der Waals surface area (Å²) in [5.41, 5.74) is -0.0682. The summed E-state index contributed by atoms with van der Waals surface area (Å²) >= 11 is 1.42. The molecule has 1 aromatic carbocycles. The Morgan fingerprint density at radius 3 is 2.62 bits per heavy atom. The number of nitro benzene ring substituents is 1. The third-order valence-electron chi connectivity index (χ3n) is 3.51. The summed E-state index contributed by atoms with van der Waals surface area (Å²) < 4.78 is 10.2. The lowest BCUT2D eigenvalue weighted by atomic mass is 10.3. The standard InChI is InChI=1S/C17H15N5O6S/c23-14(10-27-12-5-3-11(4-6-12)22(25)26)18-7-8-19-16(24)17-20-15(21-28-17)13-2-1-9-29-13/h1-6,9H,7-8,10H2,(H,18,23)(H,19,24). The van der Waals surface area contributed by atoms with Crippen molar-refractivity contribution in [3.63, 3.8) is 0 Å². The number of amides is 2. The molecule has 29 heavy (non-hydrogen) atoms. The van der Waals surface area contributed by atoms with Gasteiger partial charge in [-0.2, -0.15) is 4.98 Å². The molecule has 3 rings (SSSR count). The Morgan fingerprint density at radius 1 is 1.17 bits per heavy atom. The molecule has 0 bridgehead atoms. The molecule has 3 aromatic rings. The monoisotopic (exact) mass is 417 g/mol. The number of nitro groups is 1. The van der Waals surface area contributed by atoms with Gasteiger partial charge in [0, 0.05) is 25.2 Å². The largest absolute Gasteiger partial charge is 0.484 e. The third-order valence-corrected chi connectivity index (χ3v) is 4.38. The van der Waals surface area contributed by atoms with Gasteiger partial charge >= 0.3 is 11.8 Å². The average molecular weight is 417 g/mol. The highest BCUT2D eigenvalue weighted by Gasteiger charge is 2.16. The van der Waals surface area contributed by atoms with Crippen molar-refractivity contribution in [3.8, 4) is 16.5 Å². The van der Waals surface area contributed by atoms with Gasteiger partial charge in [-0.3, -0.25) is 19.7 Å². The molecule has 0 unspecified atom stereocenters. The van der Waals surface area contributed by atoms with E-state index in [-0.39, 0.29) is 31.3 Å². The van der Waals surface area contributed by atoms with E-state index in [0.717, 1.165) is 4.88 Å². The summed E-state index contributed by atoms with van der Waals surface area (Å²) in [4.78, 5) is 38.6. The predicted molar refractivity (Wildman–Crippen MR) is 102 cm³/mol. The highest BCUT2D eigenvalue weighted by molar-refractivity contribution is 7.13. The zero-order valence-electron chi connectivity index (χ0n) is 14.9. The van der Waals surface area contributed by atoms with Gasteiger partial charge in [-0.1, -0.05) is 11.2 Å². The van der Waals surface area contributed by atoms with E-state index in [2.05, 4.69) is 20.8 Å². The Morgan fingerprint density at radius 2 is 1.93 bits per heavy atom. The zero-order chi connectivity index (χ0) is 20.6. The smallest absolute Gasteiger partial charge is 0.316 e. The molecule has 150 valence electrons. The van der Waals surface area contributed by atoms with Gasteiger partial charge in [-0.15, -0.1) is 11.3 Å². The van der Waals surface area contributed by atoms with E-state index < -0.39 is 16.7 Å². The van der Waals surface area contributed by atoms with Crippen LogP contribution >= 0.6 is 11.3 Å². The first-order chi connectivity index (χ1) is 14.0. The van der Waals surface area contributed by atoms with E-state index in [4.69, 9.17) is 9.26 Å². The van der Waals surface area contributed by atoms with Gasteiger partial charge in [-0.25, -0.2) is 0 Å². The van der Waals surface area contributed by atoms with Crippen molar-refractivity contribution < 1.29 is 23.8 Å². The Balaban J connectivity index is 1.35. The van der Waals surface area contributed by atoms with Crippen LogP contribution in [0.5, 0.6) is 5.75 Å². The molecular weight excluding hydrogens is 402 g/mol. The van der Waals surface area contributed by atoms with Gasteiger partial charge in [0.1, 0.15) is 5.75 Å². The number of nitrogens with one attached hydrogen (secondary N) is 2. The molecule has 12 heteroatoms. The Bertz CT molecular complexity index is 986. The summed E-state index contributed by atoms with van der Waals surface area (Å²) in [7, 11) is 0. The second-order valence-electron chi connectivity index (χ2n) is 5.55. The molecule has 0 aliphatic heterocycles. The van der Waals surface area contributed by atoms with Gasteiger partial charge in [0.25, 0.3) is 11.6 Å². The minimum absolute atomic E-state index is 0.0682. The molecule has 11 nitrogen and oxygen atoms in total. The number of non-ortho nitro benzene ring substituents is 1. The first-order valence-electron chi connectivity index (χ1n) is 8.32. The molecule has 0 spiro atoms. The van der Waals surface area contributed by atoms with Crippen molar-refractivity contribution in [1.82, 2.24) is 20.8 Å². The van der Waals surface area contributed by atoms with Crippen molar-refractivity contribution >= 4 is 28.8 Å². The lowest BCUT2D eigenvalue weighted by molar-refractivity contribution is -0.384. The quantitative estimate of drug-likeness (QED) is 0.303. The number of carbonyl (C=O) groups excluding carboxylic acids is 2. The minimum atomic E-state index is -0.545. The topological polar surface area (TPSA) is 149 Å². The van der Waals surface area contributed by atoms with E-state index in [1.807, 2.05) is 17.5 Å². The predicted octanol–water partition coefficient (Wildman–Crippen LogP) is 1.63. The number of ether oxygens (including phenoxy) is 1. The number of rotatable bonds is 9. The maximum Gasteiger partial charge on any atom is 0.316 e. The van der Waals surface area contributed by atoms with Crippen molar-refractivity contribution in [2.45, 2.75) is 0 Å². The number of hydrogen-bond acceptors (Lipinski definition) is 9. The summed E-state index contributed by atoms with van der Waals surface area (Å²) in [5, 5.41) is 21.3. The molecule has 0 aliphatic carbocycles. The normalized spacial score (nSPS) is 10.3. The van der Waals surface area contributed by atoms with E-state index in [9.17, 15) is 19.7 Å². The zero-order valence-corrected chi connectivity index (χ0v) is 15.7. The molecular formula is C17H15N5O6S. The molecule has 2 N–H and O–H groups in total. The number of nitrogens with zero attached hydrogens (tertiary/aromatic N) is 3. The van der Waals surface area contributed by atoms with Crippen molar-refractivity contribution in [3.05, 3.63) is 57.8 Å². The van der Waals surface area contributed by atoms with Crippen LogP contribution in [-0.4, -0.2) is 46.6 Å². The van der Waals surface area contributed by atoms with E-state index in [1.54, 1.807) is 0 Å². The van der Waals surface area contributed by atoms with E-state index in [1.165, 1.54) is 35.6 Å². The maximum atomic E-state index is 12.0. The fraction of sp³-hybridized carbons (Fsp3) is 0.176. The lowest BCUT2D eigenvalue weighted by Gasteiger charge is -2.07. The average Bonchev–Trinajstić information content (AvgIpc) is 3.41. The van der Waals surface area contributed by atoms with Gasteiger partial charge in [0.15, 0.2) is 6.61 Å². The van der Waals surface area contributed by atoms with Crippen LogP contribution in [0.1, 0.15) is 10.7 Å². The first kappa shape index (κ1) is 19.9. The van der Waals surface area contributed by atoms with Crippen LogP contribution in [0.2, 0.25) is 0 Å². The van der Waals surface area contributed by atoms with Crippen LogP contribution in [0.3, 0.4) is 0 Å². The Labute approximate surface area is 167 Å². The number of aromatic nitrogens is 2. The van der Waals surface area contributed by atoms with E-state index >= 15 is 0 Å². The second kappa shape index (κ2) is 9.41. The van der Waals surface area contributed by atoms with Crippen LogP contribution in [0.4, 0.5) is 5.69 Å². The highest BCUT2D eigenvalue weighted by Crippen LogP contribution is 2.21. The van der Waals surface area contributed by atoms with Crippen molar-refractivity contribution in [2.75, 3.05) is 19.7 Å². The molecule has 0 saturated carbocycles. The van der Waals surface area contributed by atoms with E-state index in [0.29, 0.717) is 11.6 Å². The first-order valence-corrected chi connectivity index (χ1v) is 9.20. The van der Waals surface area contributed by atoms with Crippen molar-refractivity contribution in [2.24, 2.45) is 0 Å². The molecule has 2 amide bonds. The van der Waals surface area contributed by atoms with Crippen LogP contribution in [-0.2, 0) is 4.79 Å². The summed E-state index contributed by atoms with van der Waals surface area (Å²) in [5.74, 6) is -0.452. The lowest BCUT2D eigenvalue weighted by Crippen LogP contribution is -2.36. The van der Waals surface area contributed by atoms with Crippen LogP contribution in [0.25, 0.3) is 10.7 Å². The molecule has 2 aromatic heterocycles. The van der Waals surface area contributed by atoms with Crippen molar-refractivity contribution in [1.29, 1.82) is 0 Å². The maximum absolute atomic E-state index is 12.0. The summed E-state index contributed by atoms with van der Waals surface area (Å²) in [6.07, 6.45) is 0. The second-order valence-corrected chi connectivity index (χ2v) is 6.49. The van der Waals surface area contributed by atoms with Gasteiger partial charge in [0.2, 0.25) is 5.82 Å². The molecule has 0 aliphatic rings. The summed E-state index contributed by atoms with van der Waals surface area (Å²) in [6, 6.07) is 9.02. The molecule has 0 radical (unpaired) electrons. The fourth-order valence-corrected chi connectivity index (χ4v) is 2.79. The fourth-order valence-electron chi connectivity index (χ4n) is 2.14. The highest BCUT2D eigenvalue weighted by atomic mass is 32.1. The Kier molecular flexibility index (Phi) is 6.47. The molecule has 0 atom stereocenters. The molecule has 2 heterocycles. The summed E-state index contributed by atoms with van der Waals surface area (Å²) in [6.45, 7) is 0.0541. The SMILES string of the molecule is O=C(COc1ccc([N+](=O)[O-])cc1)NCCNC(=O)c1nc(-c2cccs2)no1. The minimum Gasteiger partial charge on any atom is -0.484 e. The number of thiophene rings is 1. The number of hydrogen-bond donors (Lipinski definition) is 2. The van der Waals surface area contributed by atoms with Gasteiger partial charge < -0.3 is 19.9 Å². The van der Waals surface area contributed by atoms with Gasteiger partial charge in [-0.05, 0) is 23.6 Å². The molecule has 0 saturated heterocycles.